The molecular formula is C6H7BrFN3O2. The summed E-state index contributed by atoms with van der Waals surface area (Å²) >= 11 is 2.99. The van der Waals surface area contributed by atoms with E-state index in [1.54, 1.807) is 0 Å². The van der Waals surface area contributed by atoms with E-state index in [0.29, 0.717) is 17.4 Å². The predicted octanol–water partition coefficient (Wildman–Crippen LogP) is 1.91. The molecule has 0 radical (unpaired) electrons. The van der Waals surface area contributed by atoms with Gasteiger partial charge in [-0.3, -0.25) is 4.39 Å². The Morgan fingerprint density at radius 1 is 1.77 bits per heavy atom. The van der Waals surface area contributed by atoms with E-state index in [9.17, 15) is 14.5 Å². The minimum absolute atomic E-state index is 0.237. The van der Waals surface area contributed by atoms with Crippen molar-refractivity contribution in [3.63, 3.8) is 0 Å². The summed E-state index contributed by atoms with van der Waals surface area (Å²) in [6.45, 7) is -0.103. The Morgan fingerprint density at radius 2 is 2.46 bits per heavy atom. The lowest BCUT2D eigenvalue weighted by molar-refractivity contribution is -0.390. The van der Waals surface area contributed by atoms with Gasteiger partial charge in [0, 0.05) is 0 Å². The number of hydrogen-bond donors (Lipinski definition) is 0. The van der Waals surface area contributed by atoms with E-state index in [0.717, 1.165) is 0 Å². The maximum absolute atomic E-state index is 11.8. The largest absolute Gasteiger partial charge is 0.404 e. The summed E-state index contributed by atoms with van der Waals surface area (Å²) in [5, 5.41) is 14.0. The second kappa shape index (κ2) is 4.31. The van der Waals surface area contributed by atoms with Crippen LogP contribution in [0.25, 0.3) is 0 Å². The summed E-state index contributed by atoms with van der Waals surface area (Å²) in [6.07, 6.45) is 1.78. The van der Waals surface area contributed by atoms with Crippen molar-refractivity contribution in [1.82, 2.24) is 9.78 Å². The number of halogens is 2. The third-order valence-electron chi connectivity index (χ3n) is 1.39. The molecule has 0 bridgehead atoms. The van der Waals surface area contributed by atoms with E-state index in [2.05, 4.69) is 21.0 Å². The summed E-state index contributed by atoms with van der Waals surface area (Å²) in [4.78, 5) is 9.75. The smallest absolute Gasteiger partial charge is 0.358 e. The van der Waals surface area contributed by atoms with Crippen LogP contribution in [0.1, 0.15) is 6.42 Å². The number of alkyl halides is 1. The molecule has 0 saturated carbocycles. The summed E-state index contributed by atoms with van der Waals surface area (Å²) in [7, 11) is 0. The number of aryl methyl sites for hydroxylation is 1. The van der Waals surface area contributed by atoms with Gasteiger partial charge in [0.05, 0.1) is 24.5 Å². The zero-order valence-corrected chi connectivity index (χ0v) is 8.20. The molecular weight excluding hydrogens is 245 g/mol. The Kier molecular flexibility index (Phi) is 3.35. The SMILES string of the molecule is O=[N+]([O-])c1nn(CCCF)cc1Br. The highest BCUT2D eigenvalue weighted by Crippen LogP contribution is 2.21. The molecule has 0 aliphatic heterocycles. The van der Waals surface area contributed by atoms with Crippen LogP contribution in [-0.2, 0) is 6.54 Å². The van der Waals surface area contributed by atoms with Gasteiger partial charge >= 0.3 is 5.82 Å². The van der Waals surface area contributed by atoms with Crippen molar-refractivity contribution in [1.29, 1.82) is 0 Å². The van der Waals surface area contributed by atoms with Crippen molar-refractivity contribution < 1.29 is 9.31 Å². The van der Waals surface area contributed by atoms with Crippen molar-refractivity contribution in [2.45, 2.75) is 13.0 Å². The van der Waals surface area contributed by atoms with Gasteiger partial charge in [0.25, 0.3) is 0 Å². The quantitative estimate of drug-likeness (QED) is 0.607. The Balaban J connectivity index is 2.76. The molecule has 0 aliphatic rings. The number of hydrogen-bond acceptors (Lipinski definition) is 3. The molecule has 0 aromatic carbocycles. The van der Waals surface area contributed by atoms with Crippen LogP contribution < -0.4 is 0 Å². The molecule has 1 heterocycles. The van der Waals surface area contributed by atoms with Crippen molar-refractivity contribution in [3.05, 3.63) is 20.8 Å². The van der Waals surface area contributed by atoms with Crippen molar-refractivity contribution >= 4 is 21.7 Å². The third-order valence-corrected chi connectivity index (χ3v) is 1.95. The molecule has 0 amide bonds. The van der Waals surface area contributed by atoms with Crippen LogP contribution in [0.5, 0.6) is 0 Å². The van der Waals surface area contributed by atoms with E-state index < -0.39 is 11.6 Å². The highest BCUT2D eigenvalue weighted by atomic mass is 79.9. The van der Waals surface area contributed by atoms with Gasteiger partial charge in [0.2, 0.25) is 0 Å². The minimum Gasteiger partial charge on any atom is -0.358 e. The van der Waals surface area contributed by atoms with Gasteiger partial charge in [-0.1, -0.05) is 0 Å². The topological polar surface area (TPSA) is 61.0 Å². The van der Waals surface area contributed by atoms with E-state index in [-0.39, 0.29) is 5.82 Å². The van der Waals surface area contributed by atoms with Crippen LogP contribution in [0.2, 0.25) is 0 Å². The molecule has 0 aliphatic carbocycles. The molecule has 7 heteroatoms. The first-order valence-electron chi connectivity index (χ1n) is 3.58. The molecule has 13 heavy (non-hydrogen) atoms. The van der Waals surface area contributed by atoms with Gasteiger partial charge in [0.1, 0.15) is 4.47 Å². The molecule has 1 rings (SSSR count). The molecule has 0 N–H and O–H groups in total. The number of aromatic nitrogens is 2. The first-order valence-corrected chi connectivity index (χ1v) is 4.37. The van der Waals surface area contributed by atoms with E-state index in [4.69, 9.17) is 0 Å². The highest BCUT2D eigenvalue weighted by molar-refractivity contribution is 9.10. The van der Waals surface area contributed by atoms with Crippen LogP contribution in [0, 0.1) is 10.1 Å². The molecule has 1 aromatic heterocycles. The van der Waals surface area contributed by atoms with Crippen LogP contribution in [0.3, 0.4) is 0 Å². The van der Waals surface area contributed by atoms with Crippen molar-refractivity contribution in [3.8, 4) is 0 Å². The van der Waals surface area contributed by atoms with Gasteiger partial charge in [-0.2, -0.15) is 4.68 Å². The summed E-state index contributed by atoms with van der Waals surface area (Å²) in [6, 6.07) is 0. The van der Waals surface area contributed by atoms with Crippen molar-refractivity contribution in [2.24, 2.45) is 0 Å². The van der Waals surface area contributed by atoms with Gasteiger partial charge in [-0.05, 0) is 27.3 Å². The van der Waals surface area contributed by atoms with Crippen LogP contribution in [0.15, 0.2) is 10.7 Å². The van der Waals surface area contributed by atoms with Gasteiger partial charge in [-0.25, -0.2) is 0 Å². The fourth-order valence-corrected chi connectivity index (χ4v) is 1.31. The minimum atomic E-state index is -0.587. The van der Waals surface area contributed by atoms with Crippen molar-refractivity contribution in [2.75, 3.05) is 6.67 Å². The summed E-state index contributed by atoms with van der Waals surface area (Å²) in [5.74, 6) is -0.237. The Morgan fingerprint density at radius 3 is 2.92 bits per heavy atom. The van der Waals surface area contributed by atoms with Gasteiger partial charge in [0.15, 0.2) is 0 Å². The Hall–Kier alpha value is -0.980. The second-order valence-electron chi connectivity index (χ2n) is 2.36. The second-order valence-corrected chi connectivity index (χ2v) is 3.22. The van der Waals surface area contributed by atoms with Crippen LogP contribution in [-0.4, -0.2) is 21.4 Å². The lowest BCUT2D eigenvalue weighted by Gasteiger charge is -1.90. The highest BCUT2D eigenvalue weighted by Gasteiger charge is 2.17. The summed E-state index contributed by atoms with van der Waals surface area (Å²) in [5.41, 5.74) is 0. The molecule has 0 saturated heterocycles. The molecule has 0 spiro atoms. The normalized spacial score (nSPS) is 10.3. The maximum Gasteiger partial charge on any atom is 0.404 e. The van der Waals surface area contributed by atoms with Gasteiger partial charge in [-0.15, -0.1) is 0 Å². The zero-order chi connectivity index (χ0) is 9.84. The maximum atomic E-state index is 11.8. The molecule has 1 aromatic rings. The number of nitrogens with zero attached hydrogens (tertiary/aromatic N) is 3. The van der Waals surface area contributed by atoms with Crippen LogP contribution in [0.4, 0.5) is 10.2 Å². The van der Waals surface area contributed by atoms with Crippen LogP contribution >= 0.6 is 15.9 Å². The first-order chi connectivity index (χ1) is 6.15. The molecule has 5 nitrogen and oxygen atoms in total. The molecule has 0 unspecified atom stereocenters. The summed E-state index contributed by atoms with van der Waals surface area (Å²) < 4.78 is 13.4. The average molecular weight is 252 g/mol. The van der Waals surface area contributed by atoms with Gasteiger partial charge < -0.3 is 10.1 Å². The molecule has 72 valence electrons. The van der Waals surface area contributed by atoms with E-state index >= 15 is 0 Å². The molecule has 0 fully saturated rings. The predicted molar refractivity (Wildman–Crippen MR) is 47.2 cm³/mol. The first kappa shape index (κ1) is 10.1. The standard InChI is InChI=1S/C6H7BrFN3O2/c7-5-4-10(3-1-2-8)9-6(5)11(12)13/h4H,1-3H2. The Bertz CT molecular complexity index is 315. The number of rotatable bonds is 4. The monoisotopic (exact) mass is 251 g/mol. The fourth-order valence-electron chi connectivity index (χ4n) is 0.847. The third kappa shape index (κ3) is 2.48. The average Bonchev–Trinajstić information content (AvgIpc) is 2.43. The molecule has 0 atom stereocenters. The zero-order valence-electron chi connectivity index (χ0n) is 6.61. The lowest BCUT2D eigenvalue weighted by Crippen LogP contribution is -2.00. The van der Waals surface area contributed by atoms with E-state index in [1.807, 2.05) is 0 Å². The Labute approximate surface area is 81.8 Å². The lowest BCUT2D eigenvalue weighted by atomic mass is 10.5. The number of nitro groups is 1. The fraction of sp³-hybridized carbons (Fsp3) is 0.500. The van der Waals surface area contributed by atoms with E-state index in [1.165, 1.54) is 10.9 Å².